The Bertz CT molecular complexity index is 1110. The lowest BCUT2D eigenvalue weighted by Gasteiger charge is -2.42. The molecular weight excluding hydrogens is 526 g/mol. The number of nitrogens with zero attached hydrogens (tertiary/aromatic N) is 3. The van der Waals surface area contributed by atoms with Gasteiger partial charge in [-0.25, -0.2) is 4.79 Å². The van der Waals surface area contributed by atoms with Crippen LogP contribution in [-0.4, -0.2) is 77.4 Å². The fraction of sp³-hybridized carbons (Fsp3) is 0.559. The minimum absolute atomic E-state index is 0.0950. The minimum atomic E-state index is -0.350. The number of rotatable bonds is 12. The van der Waals surface area contributed by atoms with E-state index in [1.807, 2.05) is 30.3 Å². The average molecular weight is 576 g/mol. The summed E-state index contributed by atoms with van der Waals surface area (Å²) >= 11 is 0. The Morgan fingerprint density at radius 1 is 0.690 bits per heavy atom. The highest BCUT2D eigenvalue weighted by molar-refractivity contribution is 6.01. The van der Waals surface area contributed by atoms with Crippen molar-refractivity contribution in [2.75, 3.05) is 43.4 Å². The first-order valence-corrected chi connectivity index (χ1v) is 16.0. The number of amides is 4. The Morgan fingerprint density at radius 2 is 1.21 bits per heavy atom. The smallest absolute Gasteiger partial charge is 0.323 e. The second-order valence-electron chi connectivity index (χ2n) is 11.7. The second kappa shape index (κ2) is 16.3. The molecule has 2 fully saturated rings. The molecule has 2 aliphatic carbocycles. The van der Waals surface area contributed by atoms with Gasteiger partial charge in [-0.2, -0.15) is 0 Å². The topological polar surface area (TPSA) is 85.0 Å². The highest BCUT2D eigenvalue weighted by Gasteiger charge is 2.34. The Balaban J connectivity index is 1.46. The Hall–Kier alpha value is -3.39. The van der Waals surface area contributed by atoms with E-state index in [0.29, 0.717) is 35.6 Å². The molecule has 228 valence electrons. The molecular formula is C34H49N5O3. The van der Waals surface area contributed by atoms with Crippen LogP contribution < -0.4 is 10.6 Å². The molecule has 2 aliphatic rings. The lowest BCUT2D eigenvalue weighted by molar-refractivity contribution is -0.138. The van der Waals surface area contributed by atoms with Crippen molar-refractivity contribution >= 4 is 29.2 Å². The number of hydrogen-bond acceptors (Lipinski definition) is 4. The molecule has 0 bridgehead atoms. The number of nitrogens with one attached hydrogen (secondary N) is 2. The number of carbonyl (C=O) groups excluding carboxylic acids is 3. The predicted octanol–water partition coefficient (Wildman–Crippen LogP) is 6.61. The summed E-state index contributed by atoms with van der Waals surface area (Å²) in [5.41, 5.74) is 1.80. The fourth-order valence-corrected chi connectivity index (χ4v) is 6.42. The maximum atomic E-state index is 14.1. The monoisotopic (exact) mass is 575 g/mol. The summed E-state index contributed by atoms with van der Waals surface area (Å²) in [6.45, 7) is 7.35. The maximum Gasteiger partial charge on any atom is 0.323 e. The van der Waals surface area contributed by atoms with E-state index < -0.39 is 0 Å². The van der Waals surface area contributed by atoms with E-state index in [9.17, 15) is 14.4 Å². The Labute approximate surface area is 251 Å². The lowest BCUT2D eigenvalue weighted by atomic mass is 9.88. The number of anilines is 2. The van der Waals surface area contributed by atoms with Crippen LogP contribution in [0.4, 0.5) is 16.2 Å². The fourth-order valence-electron chi connectivity index (χ4n) is 6.42. The van der Waals surface area contributed by atoms with E-state index >= 15 is 0 Å². The number of likely N-dealkylation sites (N-methyl/N-ethyl adjacent to an activating group) is 1. The van der Waals surface area contributed by atoms with Crippen molar-refractivity contribution in [3.63, 3.8) is 0 Å². The first-order valence-electron chi connectivity index (χ1n) is 16.0. The van der Waals surface area contributed by atoms with Gasteiger partial charge in [0.05, 0.1) is 0 Å². The van der Waals surface area contributed by atoms with Gasteiger partial charge in [-0.1, -0.05) is 70.6 Å². The van der Waals surface area contributed by atoms with Gasteiger partial charge < -0.3 is 25.3 Å². The molecule has 0 atom stereocenters. The van der Waals surface area contributed by atoms with Gasteiger partial charge in [0.2, 0.25) is 5.91 Å². The molecule has 2 saturated carbocycles. The molecule has 2 aromatic carbocycles. The Kier molecular flexibility index (Phi) is 12.2. The van der Waals surface area contributed by atoms with Crippen molar-refractivity contribution in [1.29, 1.82) is 0 Å². The molecule has 42 heavy (non-hydrogen) atoms. The summed E-state index contributed by atoms with van der Waals surface area (Å²) in [5, 5.41) is 5.62. The molecule has 0 aromatic heterocycles. The number of benzene rings is 2. The van der Waals surface area contributed by atoms with Crippen LogP contribution in [0, 0.1) is 0 Å². The standard InChI is InChI=1S/C34H49N5O3/c1-3-37(4-2)24-25-38(26-32(40)39(30-16-10-6-11-17-30)31-18-12-7-13-19-31)33(41)27-20-22-29(23-21-27)36-34(42)35-28-14-8-5-9-15-28/h5,8-9,14-15,20-23,30-31H,3-4,6-7,10-13,16-19,24-26H2,1-2H3,(H2,35,36,42). The van der Waals surface area contributed by atoms with Gasteiger partial charge in [0.25, 0.3) is 5.91 Å². The molecule has 4 amide bonds. The van der Waals surface area contributed by atoms with Gasteiger partial charge >= 0.3 is 6.03 Å². The molecule has 8 nitrogen and oxygen atoms in total. The van der Waals surface area contributed by atoms with Crippen LogP contribution in [0.15, 0.2) is 54.6 Å². The van der Waals surface area contributed by atoms with Gasteiger partial charge in [-0.05, 0) is 75.2 Å². The van der Waals surface area contributed by atoms with Crippen LogP contribution in [0.2, 0.25) is 0 Å². The first kappa shape index (κ1) is 31.5. The second-order valence-corrected chi connectivity index (χ2v) is 11.7. The molecule has 0 spiro atoms. The molecule has 0 radical (unpaired) electrons. The minimum Gasteiger partial charge on any atom is -0.335 e. The normalized spacial score (nSPS) is 16.2. The molecule has 8 heteroatoms. The third-order valence-corrected chi connectivity index (χ3v) is 8.84. The summed E-state index contributed by atoms with van der Waals surface area (Å²) in [6, 6.07) is 16.4. The summed E-state index contributed by atoms with van der Waals surface area (Å²) in [5.74, 6) is -0.0550. The first-order chi connectivity index (χ1) is 20.5. The molecule has 2 aromatic rings. The van der Waals surface area contributed by atoms with E-state index in [0.717, 1.165) is 45.3 Å². The van der Waals surface area contributed by atoms with Crippen LogP contribution in [0.3, 0.4) is 0 Å². The van der Waals surface area contributed by atoms with Crippen molar-refractivity contribution in [2.24, 2.45) is 0 Å². The van der Waals surface area contributed by atoms with Crippen LogP contribution >= 0.6 is 0 Å². The summed E-state index contributed by atoms with van der Waals surface area (Å²) in [4.78, 5) is 46.6. The highest BCUT2D eigenvalue weighted by Crippen LogP contribution is 2.30. The third kappa shape index (κ3) is 9.05. The van der Waals surface area contributed by atoms with Crippen molar-refractivity contribution in [2.45, 2.75) is 90.1 Å². The molecule has 0 heterocycles. The van der Waals surface area contributed by atoms with Crippen molar-refractivity contribution in [3.05, 3.63) is 60.2 Å². The zero-order valence-corrected chi connectivity index (χ0v) is 25.5. The summed E-state index contributed by atoms with van der Waals surface area (Å²) in [7, 11) is 0. The highest BCUT2D eigenvalue weighted by atomic mass is 16.2. The van der Waals surface area contributed by atoms with E-state index in [1.165, 1.54) is 38.5 Å². The molecule has 0 unspecified atom stereocenters. The SMILES string of the molecule is CCN(CC)CCN(CC(=O)N(C1CCCCC1)C1CCCCC1)C(=O)c1ccc(NC(=O)Nc2ccccc2)cc1. The number of para-hydroxylation sites is 1. The Morgan fingerprint density at radius 3 is 1.74 bits per heavy atom. The number of carbonyl (C=O) groups is 3. The van der Waals surface area contributed by atoms with Crippen LogP contribution in [0.5, 0.6) is 0 Å². The summed E-state index contributed by atoms with van der Waals surface area (Å²) < 4.78 is 0. The quantitative estimate of drug-likeness (QED) is 0.298. The zero-order valence-electron chi connectivity index (χ0n) is 25.5. The summed E-state index contributed by atoms with van der Waals surface area (Å²) in [6.07, 6.45) is 11.5. The van der Waals surface area contributed by atoms with E-state index in [1.54, 1.807) is 29.2 Å². The lowest BCUT2D eigenvalue weighted by Crippen LogP contribution is -2.53. The van der Waals surface area contributed by atoms with Gasteiger partial charge in [0.15, 0.2) is 0 Å². The number of urea groups is 1. The molecule has 0 aliphatic heterocycles. The zero-order chi connectivity index (χ0) is 29.7. The van der Waals surface area contributed by atoms with Gasteiger partial charge in [-0.3, -0.25) is 9.59 Å². The van der Waals surface area contributed by atoms with Crippen molar-refractivity contribution in [3.8, 4) is 0 Å². The van der Waals surface area contributed by atoms with Gasteiger partial charge in [0.1, 0.15) is 6.54 Å². The maximum absolute atomic E-state index is 14.1. The molecule has 0 saturated heterocycles. The predicted molar refractivity (Wildman–Crippen MR) is 170 cm³/mol. The van der Waals surface area contributed by atoms with Crippen LogP contribution in [-0.2, 0) is 4.79 Å². The van der Waals surface area contributed by atoms with Crippen LogP contribution in [0.1, 0.15) is 88.4 Å². The van der Waals surface area contributed by atoms with E-state index in [-0.39, 0.29) is 24.4 Å². The van der Waals surface area contributed by atoms with E-state index in [2.05, 4.69) is 34.3 Å². The molecule has 4 rings (SSSR count). The average Bonchev–Trinajstić information content (AvgIpc) is 3.02. The largest absolute Gasteiger partial charge is 0.335 e. The van der Waals surface area contributed by atoms with Gasteiger partial charge in [0, 0.05) is 42.1 Å². The molecule has 2 N–H and O–H groups in total. The third-order valence-electron chi connectivity index (χ3n) is 8.84. The van der Waals surface area contributed by atoms with E-state index in [4.69, 9.17) is 0 Å². The van der Waals surface area contributed by atoms with Crippen molar-refractivity contribution in [1.82, 2.24) is 14.7 Å². The number of hydrogen-bond donors (Lipinski definition) is 2. The van der Waals surface area contributed by atoms with Gasteiger partial charge in [-0.15, -0.1) is 0 Å². The van der Waals surface area contributed by atoms with Crippen molar-refractivity contribution < 1.29 is 14.4 Å². The van der Waals surface area contributed by atoms with Crippen LogP contribution in [0.25, 0.3) is 0 Å².